The van der Waals surface area contributed by atoms with Crippen LogP contribution < -0.4 is 9.47 Å². The minimum absolute atomic E-state index is 0.661. The van der Waals surface area contributed by atoms with E-state index in [4.69, 9.17) is 9.47 Å². The Morgan fingerprint density at radius 1 is 0.630 bits per heavy atom. The van der Waals surface area contributed by atoms with Crippen LogP contribution in [-0.2, 0) is 0 Å². The lowest BCUT2D eigenvalue weighted by molar-refractivity contribution is 0.340. The molecule has 3 aromatic rings. The maximum atomic E-state index is 5.59. The topological polar surface area (TPSA) is 18.5 Å². The Morgan fingerprint density at radius 3 is 1.48 bits per heavy atom. The molecule has 0 radical (unpaired) electrons. The van der Waals surface area contributed by atoms with Crippen molar-refractivity contribution in [2.24, 2.45) is 0 Å². The first-order chi connectivity index (χ1) is 13.2. The molecule has 0 spiro atoms. The van der Waals surface area contributed by atoms with Crippen LogP contribution >= 0.6 is 15.9 Å². The third kappa shape index (κ3) is 4.81. The molecule has 0 amide bonds. The van der Waals surface area contributed by atoms with Crippen LogP contribution in [0, 0.1) is 0 Å². The van der Waals surface area contributed by atoms with Gasteiger partial charge in [0.2, 0.25) is 0 Å². The fraction of sp³-hybridized carbons (Fsp3) is 0.167. The Bertz CT molecular complexity index is 830. The van der Waals surface area contributed by atoms with E-state index in [1.807, 2.05) is 56.3 Å². The second-order valence-corrected chi connectivity index (χ2v) is 6.76. The van der Waals surface area contributed by atoms with Crippen molar-refractivity contribution in [1.29, 1.82) is 0 Å². The minimum Gasteiger partial charge on any atom is -0.494 e. The predicted octanol–water partition coefficient (Wildman–Crippen LogP) is 6.80. The molecule has 0 unspecified atom stereocenters. The maximum Gasteiger partial charge on any atom is 0.119 e. The fourth-order valence-electron chi connectivity index (χ4n) is 2.92. The van der Waals surface area contributed by atoms with Crippen LogP contribution in [0.5, 0.6) is 11.5 Å². The summed E-state index contributed by atoms with van der Waals surface area (Å²) in [5.41, 5.74) is 4.51. The average molecular weight is 423 g/mol. The first-order valence-electron chi connectivity index (χ1n) is 9.14. The second kappa shape index (κ2) is 9.43. The highest BCUT2D eigenvalue weighted by Gasteiger charge is 2.12. The number of halogens is 1. The highest BCUT2D eigenvalue weighted by molar-refractivity contribution is 9.15. The van der Waals surface area contributed by atoms with E-state index in [0.29, 0.717) is 13.2 Å². The Balaban J connectivity index is 2.09. The molecule has 0 N–H and O–H groups in total. The Hall–Kier alpha value is -2.52. The van der Waals surface area contributed by atoms with Crippen molar-refractivity contribution >= 4 is 26.0 Å². The average Bonchev–Trinajstić information content (AvgIpc) is 2.72. The van der Waals surface area contributed by atoms with Crippen LogP contribution in [0.15, 0.2) is 78.9 Å². The highest BCUT2D eigenvalue weighted by atomic mass is 79.9. The number of ether oxygens (including phenoxy) is 2. The molecule has 0 aliphatic carbocycles. The molecule has 0 aliphatic rings. The minimum atomic E-state index is 0.661. The molecule has 0 aromatic heterocycles. The summed E-state index contributed by atoms with van der Waals surface area (Å²) in [5, 5.41) is 0. The number of rotatable bonds is 7. The van der Waals surface area contributed by atoms with Gasteiger partial charge in [0.15, 0.2) is 0 Å². The lowest BCUT2D eigenvalue weighted by Gasteiger charge is -2.14. The standard InChI is InChI=1S/C24H23BrO2/c1-3-26-21-14-10-18(11-15-21)23(24(25)20-8-6-5-7-9-20)19-12-16-22(17-13-19)27-4-2/h5-17H,3-4H2,1-2H3. The van der Waals surface area contributed by atoms with Crippen LogP contribution in [0.1, 0.15) is 30.5 Å². The number of hydrogen-bond acceptors (Lipinski definition) is 2. The van der Waals surface area contributed by atoms with Crippen molar-refractivity contribution in [2.45, 2.75) is 13.8 Å². The summed E-state index contributed by atoms with van der Waals surface area (Å²) in [6, 6.07) is 26.8. The van der Waals surface area contributed by atoms with E-state index in [-0.39, 0.29) is 0 Å². The largest absolute Gasteiger partial charge is 0.494 e. The van der Waals surface area contributed by atoms with Crippen molar-refractivity contribution in [1.82, 2.24) is 0 Å². The molecule has 0 atom stereocenters. The van der Waals surface area contributed by atoms with Crippen molar-refractivity contribution < 1.29 is 9.47 Å². The van der Waals surface area contributed by atoms with Crippen molar-refractivity contribution in [2.75, 3.05) is 13.2 Å². The number of benzene rings is 3. The Morgan fingerprint density at radius 2 is 1.07 bits per heavy atom. The van der Waals surface area contributed by atoms with E-state index in [9.17, 15) is 0 Å². The van der Waals surface area contributed by atoms with Gasteiger partial charge < -0.3 is 9.47 Å². The summed E-state index contributed by atoms with van der Waals surface area (Å²) in [4.78, 5) is 0. The van der Waals surface area contributed by atoms with E-state index in [1.165, 1.54) is 0 Å². The molecule has 3 aromatic carbocycles. The monoisotopic (exact) mass is 422 g/mol. The first kappa shape index (κ1) is 19.2. The summed E-state index contributed by atoms with van der Waals surface area (Å²) in [7, 11) is 0. The zero-order chi connectivity index (χ0) is 19.1. The van der Waals surface area contributed by atoms with E-state index >= 15 is 0 Å². The fourth-order valence-corrected chi connectivity index (χ4v) is 3.64. The molecule has 0 heterocycles. The summed E-state index contributed by atoms with van der Waals surface area (Å²) in [5.74, 6) is 1.76. The quantitative estimate of drug-likeness (QED) is 0.389. The van der Waals surface area contributed by atoms with Crippen molar-refractivity contribution in [3.63, 3.8) is 0 Å². The van der Waals surface area contributed by atoms with E-state index in [1.54, 1.807) is 0 Å². The van der Waals surface area contributed by atoms with Gasteiger partial charge in [-0.25, -0.2) is 0 Å². The molecule has 0 saturated heterocycles. The summed E-state index contributed by atoms with van der Waals surface area (Å²) < 4.78 is 12.2. The molecule has 0 aliphatic heterocycles. The van der Waals surface area contributed by atoms with Gasteiger partial charge in [-0.1, -0.05) is 54.6 Å². The summed E-state index contributed by atoms with van der Waals surface area (Å²) in [6.07, 6.45) is 0. The van der Waals surface area contributed by atoms with Crippen LogP contribution in [0.2, 0.25) is 0 Å². The van der Waals surface area contributed by atoms with E-state index < -0.39 is 0 Å². The lowest BCUT2D eigenvalue weighted by Crippen LogP contribution is -1.95. The van der Waals surface area contributed by atoms with Crippen LogP contribution in [0.25, 0.3) is 10.1 Å². The van der Waals surface area contributed by atoms with Gasteiger partial charge >= 0.3 is 0 Å². The molecule has 0 fully saturated rings. The number of hydrogen-bond donors (Lipinski definition) is 0. The van der Waals surface area contributed by atoms with E-state index in [0.717, 1.165) is 38.2 Å². The first-order valence-corrected chi connectivity index (χ1v) is 9.94. The maximum absolute atomic E-state index is 5.59. The normalized spacial score (nSPS) is 10.3. The molecular weight excluding hydrogens is 400 g/mol. The molecule has 3 heteroatoms. The van der Waals surface area contributed by atoms with Gasteiger partial charge in [0, 0.05) is 10.1 Å². The predicted molar refractivity (Wildman–Crippen MR) is 117 cm³/mol. The molecule has 0 bridgehead atoms. The summed E-state index contributed by atoms with van der Waals surface area (Å²) >= 11 is 3.84. The van der Waals surface area contributed by atoms with Crippen LogP contribution in [-0.4, -0.2) is 13.2 Å². The smallest absolute Gasteiger partial charge is 0.119 e. The molecule has 2 nitrogen and oxygen atoms in total. The van der Waals surface area contributed by atoms with Crippen LogP contribution in [0.4, 0.5) is 0 Å². The lowest BCUT2D eigenvalue weighted by atomic mass is 9.95. The zero-order valence-corrected chi connectivity index (χ0v) is 17.2. The molecular formula is C24H23BrO2. The van der Waals surface area contributed by atoms with Crippen LogP contribution in [0.3, 0.4) is 0 Å². The Labute approximate surface area is 169 Å². The van der Waals surface area contributed by atoms with Gasteiger partial charge in [-0.15, -0.1) is 0 Å². The van der Waals surface area contributed by atoms with Gasteiger partial charge in [-0.3, -0.25) is 0 Å². The third-order valence-corrected chi connectivity index (χ3v) is 5.01. The van der Waals surface area contributed by atoms with Crippen molar-refractivity contribution in [3.8, 4) is 11.5 Å². The summed E-state index contributed by atoms with van der Waals surface area (Å²) in [6.45, 7) is 5.31. The van der Waals surface area contributed by atoms with Crippen molar-refractivity contribution in [3.05, 3.63) is 95.6 Å². The van der Waals surface area contributed by atoms with Gasteiger partial charge in [0.25, 0.3) is 0 Å². The molecule has 0 saturated carbocycles. The SMILES string of the molecule is CCOc1ccc(C(=C(Br)c2ccccc2)c2ccc(OCC)cc2)cc1. The van der Waals surface area contributed by atoms with Gasteiger partial charge in [-0.05, 0) is 70.7 Å². The van der Waals surface area contributed by atoms with Gasteiger partial charge in [0.1, 0.15) is 11.5 Å². The molecule has 3 rings (SSSR count). The molecule has 138 valence electrons. The Kier molecular flexibility index (Phi) is 6.72. The highest BCUT2D eigenvalue weighted by Crippen LogP contribution is 2.37. The second-order valence-electron chi connectivity index (χ2n) is 5.97. The van der Waals surface area contributed by atoms with Gasteiger partial charge in [-0.2, -0.15) is 0 Å². The van der Waals surface area contributed by atoms with E-state index in [2.05, 4.69) is 52.3 Å². The third-order valence-electron chi connectivity index (χ3n) is 4.15. The molecule has 27 heavy (non-hydrogen) atoms. The van der Waals surface area contributed by atoms with Gasteiger partial charge in [0.05, 0.1) is 13.2 Å². The zero-order valence-electron chi connectivity index (χ0n) is 15.6.